The first-order chi connectivity index (χ1) is 21.2. The summed E-state index contributed by atoms with van der Waals surface area (Å²) in [5, 5.41) is 24.8. The van der Waals surface area contributed by atoms with E-state index in [2.05, 4.69) is 26.3 Å². The zero-order chi connectivity index (χ0) is 35.3. The molecule has 0 aromatic carbocycles. The van der Waals surface area contributed by atoms with E-state index in [0.717, 1.165) is 44.2 Å². The molecule has 0 saturated carbocycles. The number of anilines is 1. The fraction of sp³-hybridized carbons (Fsp3) is 0.480. The minimum absolute atomic E-state index is 0.332. The lowest BCUT2D eigenvalue weighted by molar-refractivity contribution is -0.193. The van der Waals surface area contributed by atoms with Crippen molar-refractivity contribution in [3.05, 3.63) is 48.3 Å². The van der Waals surface area contributed by atoms with Crippen molar-refractivity contribution in [2.24, 2.45) is 11.8 Å². The number of pyridine rings is 2. The zero-order valence-corrected chi connectivity index (χ0v) is 23.4. The number of aromatic nitrogens is 2. The van der Waals surface area contributed by atoms with E-state index in [1.807, 2.05) is 30.5 Å². The van der Waals surface area contributed by atoms with Gasteiger partial charge in [0.05, 0.1) is 19.8 Å². The first kappa shape index (κ1) is 39.6. The van der Waals surface area contributed by atoms with Gasteiger partial charge in [-0.15, -0.1) is 0 Å². The third-order valence-electron chi connectivity index (χ3n) is 5.89. The fourth-order valence-electron chi connectivity index (χ4n) is 3.89. The molecular formula is C25H27F9N4O8. The van der Waals surface area contributed by atoms with Gasteiger partial charge in [0, 0.05) is 56.0 Å². The minimum atomic E-state index is -5.08. The number of aliphatic carboxylic acids is 3. The quantitative estimate of drug-likeness (QED) is 0.324. The fourth-order valence-corrected chi connectivity index (χ4v) is 3.89. The average molecular weight is 682 g/mol. The smallest absolute Gasteiger partial charge is 0.481 e. The number of methoxy groups -OCH3 is 1. The van der Waals surface area contributed by atoms with E-state index in [0.29, 0.717) is 23.8 Å². The Bertz CT molecular complexity index is 1210. The molecular weight excluding hydrogens is 655 g/mol. The van der Waals surface area contributed by atoms with Gasteiger partial charge in [0.25, 0.3) is 0 Å². The Morgan fingerprint density at radius 1 is 0.870 bits per heavy atom. The van der Waals surface area contributed by atoms with E-state index in [9.17, 15) is 39.5 Å². The molecule has 0 amide bonds. The topological polar surface area (TPSA) is 171 Å². The van der Waals surface area contributed by atoms with Crippen molar-refractivity contribution < 1.29 is 78.7 Å². The molecule has 0 aliphatic carbocycles. The summed E-state index contributed by atoms with van der Waals surface area (Å²) in [6, 6.07) is 9.98. The number of ether oxygens (including phenoxy) is 2. The van der Waals surface area contributed by atoms with Crippen LogP contribution in [0.2, 0.25) is 0 Å². The van der Waals surface area contributed by atoms with Crippen LogP contribution in [0.5, 0.6) is 5.88 Å². The van der Waals surface area contributed by atoms with Gasteiger partial charge in [0.2, 0.25) is 5.88 Å². The van der Waals surface area contributed by atoms with Crippen LogP contribution in [0.25, 0.3) is 0 Å². The summed E-state index contributed by atoms with van der Waals surface area (Å²) in [4.78, 5) is 37.8. The summed E-state index contributed by atoms with van der Waals surface area (Å²) in [6.45, 7) is 4.62. The van der Waals surface area contributed by atoms with Gasteiger partial charge >= 0.3 is 36.4 Å². The largest absolute Gasteiger partial charge is 0.490 e. The third-order valence-corrected chi connectivity index (χ3v) is 5.89. The van der Waals surface area contributed by atoms with Gasteiger partial charge in [0.1, 0.15) is 5.82 Å². The molecule has 2 fully saturated rings. The van der Waals surface area contributed by atoms with Crippen LogP contribution in [-0.4, -0.2) is 106 Å². The van der Waals surface area contributed by atoms with E-state index in [1.54, 1.807) is 13.3 Å². The lowest BCUT2D eigenvalue weighted by atomic mass is 9.93. The Balaban J connectivity index is 0.000000413. The number of hydrogen-bond acceptors (Lipinski definition) is 9. The Kier molecular flexibility index (Phi) is 14.9. The van der Waals surface area contributed by atoms with Crippen molar-refractivity contribution >= 4 is 23.7 Å². The molecule has 4 rings (SSSR count). The molecule has 4 heterocycles. The monoisotopic (exact) mass is 682 g/mol. The molecule has 21 heteroatoms. The van der Waals surface area contributed by atoms with Crippen LogP contribution >= 0.6 is 0 Å². The number of hydrogen-bond donors (Lipinski definition) is 4. The predicted octanol–water partition coefficient (Wildman–Crippen LogP) is 3.94. The molecule has 258 valence electrons. The summed E-state index contributed by atoms with van der Waals surface area (Å²) >= 11 is 0. The SMILES string of the molecule is COc1ncccc1CN1C[C@@H]2[C@@H](CNc3ccccn3)CO[C@@H]2C1.O=C(O)C(F)(F)F.O=C(O)C(F)(F)F.O=C(O)C(F)(F)F. The molecule has 4 N–H and O–H groups in total. The van der Waals surface area contributed by atoms with Crippen LogP contribution in [0, 0.1) is 11.8 Å². The highest BCUT2D eigenvalue weighted by atomic mass is 19.4. The van der Waals surface area contributed by atoms with Crippen molar-refractivity contribution in [1.82, 2.24) is 14.9 Å². The zero-order valence-electron chi connectivity index (χ0n) is 23.4. The molecule has 2 aromatic rings. The van der Waals surface area contributed by atoms with Gasteiger partial charge in [-0.3, -0.25) is 4.90 Å². The number of carboxylic acids is 3. The maximum Gasteiger partial charge on any atom is 0.490 e. The van der Waals surface area contributed by atoms with Crippen LogP contribution in [0.15, 0.2) is 42.7 Å². The number of nitrogens with zero attached hydrogens (tertiary/aromatic N) is 3. The van der Waals surface area contributed by atoms with Crippen molar-refractivity contribution in [2.45, 2.75) is 31.2 Å². The Morgan fingerprint density at radius 3 is 1.85 bits per heavy atom. The third kappa shape index (κ3) is 14.1. The van der Waals surface area contributed by atoms with Crippen molar-refractivity contribution in [2.75, 3.05) is 38.7 Å². The summed E-state index contributed by atoms with van der Waals surface area (Å²) in [7, 11) is 1.67. The molecule has 12 nitrogen and oxygen atoms in total. The van der Waals surface area contributed by atoms with Crippen LogP contribution in [-0.2, 0) is 25.7 Å². The lowest BCUT2D eigenvalue weighted by Crippen LogP contribution is -2.27. The number of carboxylic acid groups (broad SMARTS) is 3. The first-order valence-corrected chi connectivity index (χ1v) is 12.5. The second-order valence-electron chi connectivity index (χ2n) is 9.17. The molecule has 2 aliphatic rings. The molecule has 0 spiro atoms. The molecule has 2 aromatic heterocycles. The number of alkyl halides is 9. The van der Waals surface area contributed by atoms with Crippen LogP contribution in [0.4, 0.5) is 45.3 Å². The molecule has 0 bridgehead atoms. The van der Waals surface area contributed by atoms with Crippen molar-refractivity contribution in [1.29, 1.82) is 0 Å². The molecule has 0 radical (unpaired) electrons. The number of carbonyl (C=O) groups is 3. The number of rotatable bonds is 6. The van der Waals surface area contributed by atoms with Gasteiger partial charge in [-0.05, 0) is 18.2 Å². The number of likely N-dealkylation sites (tertiary alicyclic amines) is 1. The molecule has 0 unspecified atom stereocenters. The summed E-state index contributed by atoms with van der Waals surface area (Å²) in [5.74, 6) is -5.53. The summed E-state index contributed by atoms with van der Waals surface area (Å²) in [5.41, 5.74) is 1.13. The maximum absolute atomic E-state index is 10.6. The van der Waals surface area contributed by atoms with Gasteiger partial charge < -0.3 is 30.1 Å². The van der Waals surface area contributed by atoms with Crippen molar-refractivity contribution in [3.8, 4) is 5.88 Å². The molecule has 46 heavy (non-hydrogen) atoms. The highest BCUT2D eigenvalue weighted by molar-refractivity contribution is 5.73. The van der Waals surface area contributed by atoms with E-state index >= 15 is 0 Å². The number of nitrogens with one attached hydrogen (secondary N) is 1. The van der Waals surface area contributed by atoms with Crippen molar-refractivity contribution in [3.63, 3.8) is 0 Å². The van der Waals surface area contributed by atoms with E-state index in [-0.39, 0.29) is 0 Å². The second-order valence-corrected chi connectivity index (χ2v) is 9.17. The number of fused-ring (bicyclic) bond motifs is 1. The second kappa shape index (κ2) is 17.3. The van der Waals surface area contributed by atoms with Crippen LogP contribution in [0.1, 0.15) is 5.56 Å². The highest BCUT2D eigenvalue weighted by Gasteiger charge is 2.44. The lowest BCUT2D eigenvalue weighted by Gasteiger charge is -2.20. The summed E-state index contributed by atoms with van der Waals surface area (Å²) < 4.78 is 107. The van der Waals surface area contributed by atoms with Crippen LogP contribution in [0.3, 0.4) is 0 Å². The van der Waals surface area contributed by atoms with Gasteiger partial charge in [0.15, 0.2) is 0 Å². The normalized spacial score (nSPS) is 19.1. The summed E-state index contributed by atoms with van der Waals surface area (Å²) in [6.07, 6.45) is -11.3. The maximum atomic E-state index is 10.6. The Labute approximate surface area is 253 Å². The van der Waals surface area contributed by atoms with Gasteiger partial charge in [-0.25, -0.2) is 24.4 Å². The minimum Gasteiger partial charge on any atom is -0.481 e. The molecule has 3 atom stereocenters. The molecule has 2 saturated heterocycles. The average Bonchev–Trinajstić information content (AvgIpc) is 3.52. The number of halogens is 9. The van der Waals surface area contributed by atoms with Gasteiger partial charge in [-0.1, -0.05) is 12.1 Å². The van der Waals surface area contributed by atoms with E-state index in [4.69, 9.17) is 39.2 Å². The highest BCUT2D eigenvalue weighted by Crippen LogP contribution is 2.35. The predicted molar refractivity (Wildman–Crippen MR) is 137 cm³/mol. The van der Waals surface area contributed by atoms with E-state index in [1.165, 1.54) is 0 Å². The first-order valence-electron chi connectivity index (χ1n) is 12.5. The molecule has 2 aliphatic heterocycles. The van der Waals surface area contributed by atoms with Crippen LogP contribution < -0.4 is 10.1 Å². The van der Waals surface area contributed by atoms with Gasteiger partial charge in [-0.2, -0.15) is 39.5 Å². The Hall–Kier alpha value is -4.40. The van der Waals surface area contributed by atoms with E-state index < -0.39 is 36.4 Å². The Morgan fingerprint density at radius 2 is 1.39 bits per heavy atom. The standard InChI is InChI=1S/C19H24N4O2.3C2HF3O2/c1-24-19-14(5-4-8-21-19)10-23-11-16-15(13-25-17(16)12-23)9-22-18-6-2-3-7-20-18;3*3-2(4,5)1(6)7/h2-8,15-17H,9-13H2,1H3,(H,20,22);3*(H,6,7)/t15-,16+,17+;;;/m0.../s1.